The summed E-state index contributed by atoms with van der Waals surface area (Å²) in [5.41, 5.74) is 2.53. The molecule has 4 aromatic rings. The molecule has 1 atom stereocenters. The number of methoxy groups -OCH3 is 1. The van der Waals surface area contributed by atoms with E-state index in [0.717, 1.165) is 15.8 Å². The number of carbonyl (C=O) groups is 2. The molecule has 3 heterocycles. The number of hydrogen-bond acceptors (Lipinski definition) is 7. The molecule has 1 aliphatic heterocycles. The number of ketones is 1. The highest BCUT2D eigenvalue weighted by Gasteiger charge is 2.46. The Labute approximate surface area is 192 Å². The van der Waals surface area contributed by atoms with Crippen LogP contribution in [0.2, 0.25) is 0 Å². The van der Waals surface area contributed by atoms with Crippen molar-refractivity contribution >= 4 is 49.7 Å². The smallest absolute Gasteiger partial charge is 0.296 e. The molecule has 1 N–H and O–H groups in total. The predicted molar refractivity (Wildman–Crippen MR) is 126 cm³/mol. The second kappa shape index (κ2) is 7.89. The minimum absolute atomic E-state index is 0.0427. The first-order chi connectivity index (χ1) is 15.5. The summed E-state index contributed by atoms with van der Waals surface area (Å²) in [6, 6.07) is 15.6. The van der Waals surface area contributed by atoms with Crippen LogP contribution in [0.5, 0.6) is 5.75 Å². The van der Waals surface area contributed by atoms with E-state index in [4.69, 9.17) is 4.74 Å². The molecule has 2 aromatic carbocycles. The molecule has 1 amide bonds. The first-order valence-corrected chi connectivity index (χ1v) is 11.5. The molecule has 0 saturated carbocycles. The van der Waals surface area contributed by atoms with Gasteiger partial charge in [-0.2, -0.15) is 0 Å². The topological polar surface area (TPSA) is 79.7 Å². The zero-order valence-electron chi connectivity index (χ0n) is 17.2. The van der Waals surface area contributed by atoms with Gasteiger partial charge in [0.15, 0.2) is 10.9 Å². The molecule has 8 heteroatoms. The van der Waals surface area contributed by atoms with Crippen molar-refractivity contribution in [3.05, 3.63) is 87.3 Å². The van der Waals surface area contributed by atoms with Gasteiger partial charge in [-0.25, -0.2) is 4.98 Å². The molecule has 160 valence electrons. The fourth-order valence-electron chi connectivity index (χ4n) is 3.82. The molecular formula is C24H18N2O4S2. The van der Waals surface area contributed by atoms with E-state index in [1.807, 2.05) is 31.2 Å². The maximum Gasteiger partial charge on any atom is 0.296 e. The molecule has 0 spiro atoms. The van der Waals surface area contributed by atoms with Crippen LogP contribution in [0.1, 0.15) is 26.8 Å². The lowest BCUT2D eigenvalue weighted by Gasteiger charge is -2.24. The normalized spacial score (nSPS) is 16.2. The van der Waals surface area contributed by atoms with E-state index in [-0.39, 0.29) is 11.4 Å². The molecule has 0 aliphatic carbocycles. The molecular weight excluding hydrogens is 444 g/mol. The molecule has 0 fully saturated rings. The Hall–Kier alpha value is -3.49. The first kappa shape index (κ1) is 20.4. The molecule has 5 rings (SSSR count). The number of benzene rings is 2. The van der Waals surface area contributed by atoms with Gasteiger partial charge in [0.25, 0.3) is 5.91 Å². The molecule has 0 radical (unpaired) electrons. The number of aliphatic hydroxyl groups excluding tert-OH is 1. The average molecular weight is 463 g/mol. The van der Waals surface area contributed by atoms with Crippen LogP contribution in [0.25, 0.3) is 10.2 Å². The van der Waals surface area contributed by atoms with E-state index < -0.39 is 17.7 Å². The fraction of sp³-hybridized carbons (Fsp3) is 0.125. The van der Waals surface area contributed by atoms with Gasteiger partial charge in [-0.15, -0.1) is 11.3 Å². The van der Waals surface area contributed by atoms with Crippen LogP contribution in [0.15, 0.2) is 71.3 Å². The number of nitrogens with zero attached hydrogens (tertiary/aromatic N) is 2. The van der Waals surface area contributed by atoms with Crippen molar-refractivity contribution in [2.75, 3.05) is 12.0 Å². The number of aryl methyl sites for hydroxylation is 1. The van der Waals surface area contributed by atoms with E-state index in [0.29, 0.717) is 21.3 Å². The zero-order valence-corrected chi connectivity index (χ0v) is 18.9. The predicted octanol–water partition coefficient (Wildman–Crippen LogP) is 5.46. The largest absolute Gasteiger partial charge is 0.503 e. The number of amides is 1. The number of aliphatic hydroxyl groups is 1. The van der Waals surface area contributed by atoms with Gasteiger partial charge >= 0.3 is 0 Å². The molecule has 32 heavy (non-hydrogen) atoms. The molecule has 0 bridgehead atoms. The van der Waals surface area contributed by atoms with Crippen LogP contribution < -0.4 is 9.64 Å². The van der Waals surface area contributed by atoms with Crippen molar-refractivity contribution in [2.24, 2.45) is 0 Å². The van der Waals surface area contributed by atoms with E-state index >= 15 is 0 Å². The number of thiazole rings is 1. The number of hydrogen-bond donors (Lipinski definition) is 1. The van der Waals surface area contributed by atoms with Gasteiger partial charge in [0.05, 0.1) is 33.8 Å². The van der Waals surface area contributed by atoms with Gasteiger partial charge in [-0.05, 0) is 53.8 Å². The number of carbonyl (C=O) groups excluding carboxylic acids is 2. The minimum atomic E-state index is -0.825. The lowest BCUT2D eigenvalue weighted by atomic mass is 9.95. The van der Waals surface area contributed by atoms with E-state index in [2.05, 4.69) is 4.98 Å². The molecule has 1 aliphatic rings. The molecule has 6 nitrogen and oxygen atoms in total. The third-order valence-electron chi connectivity index (χ3n) is 5.35. The maximum absolute atomic E-state index is 13.4. The second-order valence-electron chi connectivity index (χ2n) is 7.39. The standard InChI is InChI=1S/C24H18N2O4S2/c1-13-8-9-16-18(11-13)32-24(25-16)26-20(14-5-3-6-15(12-14)30-2)19(22(28)23(26)29)21(27)17-7-4-10-31-17/h3-12,20,28H,1-2H3/t20-/m1/s1. The number of thiophene rings is 1. The van der Waals surface area contributed by atoms with E-state index in [1.165, 1.54) is 27.6 Å². The van der Waals surface area contributed by atoms with Gasteiger partial charge in [-0.1, -0.05) is 35.6 Å². The number of aromatic nitrogens is 1. The Morgan fingerprint density at radius 2 is 2.00 bits per heavy atom. The highest BCUT2D eigenvalue weighted by atomic mass is 32.1. The van der Waals surface area contributed by atoms with Crippen molar-refractivity contribution in [1.29, 1.82) is 0 Å². The van der Waals surface area contributed by atoms with Crippen LogP contribution >= 0.6 is 22.7 Å². The summed E-state index contributed by atoms with van der Waals surface area (Å²) in [4.78, 5) is 33.1. The van der Waals surface area contributed by atoms with E-state index in [9.17, 15) is 14.7 Å². The summed E-state index contributed by atoms with van der Waals surface area (Å²) in [7, 11) is 1.55. The first-order valence-electron chi connectivity index (χ1n) is 9.84. The average Bonchev–Trinajstić information content (AvgIpc) is 3.52. The monoisotopic (exact) mass is 462 g/mol. The summed E-state index contributed by atoms with van der Waals surface area (Å²) < 4.78 is 6.29. The molecule has 0 saturated heterocycles. The molecule has 0 unspecified atom stereocenters. The van der Waals surface area contributed by atoms with Crippen molar-refractivity contribution in [3.63, 3.8) is 0 Å². The van der Waals surface area contributed by atoms with Crippen LogP contribution in [0.3, 0.4) is 0 Å². The highest BCUT2D eigenvalue weighted by Crippen LogP contribution is 2.45. The Balaban J connectivity index is 1.69. The third-order valence-corrected chi connectivity index (χ3v) is 7.23. The van der Waals surface area contributed by atoms with Crippen molar-refractivity contribution in [2.45, 2.75) is 13.0 Å². The van der Waals surface area contributed by atoms with Crippen LogP contribution in [0.4, 0.5) is 5.13 Å². The van der Waals surface area contributed by atoms with Gasteiger partial charge < -0.3 is 9.84 Å². The second-order valence-corrected chi connectivity index (χ2v) is 9.35. The lowest BCUT2D eigenvalue weighted by Crippen LogP contribution is -2.30. The van der Waals surface area contributed by atoms with Gasteiger partial charge in [0, 0.05) is 0 Å². The van der Waals surface area contributed by atoms with Crippen molar-refractivity contribution < 1.29 is 19.4 Å². The number of anilines is 1. The summed E-state index contributed by atoms with van der Waals surface area (Å²) in [6.45, 7) is 1.99. The maximum atomic E-state index is 13.4. The Bertz CT molecular complexity index is 1390. The minimum Gasteiger partial charge on any atom is -0.503 e. The lowest BCUT2D eigenvalue weighted by molar-refractivity contribution is -0.117. The number of Topliss-reactive ketones (excluding diaryl/α,β-unsaturated/α-hetero) is 1. The Morgan fingerprint density at radius 1 is 1.16 bits per heavy atom. The fourth-order valence-corrected chi connectivity index (χ4v) is 5.59. The number of fused-ring (bicyclic) bond motifs is 1. The highest BCUT2D eigenvalue weighted by molar-refractivity contribution is 7.22. The zero-order chi connectivity index (χ0) is 22.4. The number of rotatable bonds is 5. The van der Waals surface area contributed by atoms with Gasteiger partial charge in [0.1, 0.15) is 5.75 Å². The van der Waals surface area contributed by atoms with E-state index in [1.54, 1.807) is 42.8 Å². The van der Waals surface area contributed by atoms with Crippen LogP contribution in [-0.4, -0.2) is 28.9 Å². The Kier molecular flexibility index (Phi) is 5.03. The Morgan fingerprint density at radius 3 is 2.75 bits per heavy atom. The summed E-state index contributed by atoms with van der Waals surface area (Å²) in [6.07, 6.45) is 0. The van der Waals surface area contributed by atoms with Gasteiger partial charge in [0.2, 0.25) is 5.78 Å². The third kappa shape index (κ3) is 3.28. The van der Waals surface area contributed by atoms with Crippen LogP contribution in [-0.2, 0) is 4.79 Å². The number of ether oxygens (including phenoxy) is 1. The van der Waals surface area contributed by atoms with Crippen molar-refractivity contribution in [1.82, 2.24) is 4.98 Å². The van der Waals surface area contributed by atoms with Gasteiger partial charge in [-0.3, -0.25) is 14.5 Å². The van der Waals surface area contributed by atoms with Crippen molar-refractivity contribution in [3.8, 4) is 5.75 Å². The SMILES string of the molecule is COc1cccc([C@@H]2C(C(=O)c3cccs3)=C(O)C(=O)N2c2nc3ccc(C)cc3s2)c1. The summed E-state index contributed by atoms with van der Waals surface area (Å²) >= 11 is 2.62. The summed E-state index contributed by atoms with van der Waals surface area (Å²) in [5.74, 6) is -0.984. The summed E-state index contributed by atoms with van der Waals surface area (Å²) in [5, 5.41) is 13.1. The van der Waals surface area contributed by atoms with Crippen LogP contribution in [0, 0.1) is 6.92 Å². The quantitative estimate of drug-likeness (QED) is 0.399. The molecule has 2 aromatic heterocycles.